The summed E-state index contributed by atoms with van der Waals surface area (Å²) in [7, 11) is 0. The first kappa shape index (κ1) is 42.5. The average molecular weight is 659 g/mol. The van der Waals surface area contributed by atoms with Crippen LogP contribution >= 0.6 is 0 Å². The first-order valence-corrected chi connectivity index (χ1v) is 18.3. The van der Waals surface area contributed by atoms with Crippen LogP contribution in [-0.2, 0) is 28.5 Å². The van der Waals surface area contributed by atoms with E-state index in [2.05, 4.69) is 26.0 Å². The van der Waals surface area contributed by atoms with Gasteiger partial charge in [-0.15, -0.1) is 0 Å². The fourth-order valence-electron chi connectivity index (χ4n) is 5.42. The number of hydrogen-bond acceptors (Lipinski definition) is 10. The lowest BCUT2D eigenvalue weighted by Gasteiger charge is -2.39. The molecule has 0 aliphatic carbocycles. The highest BCUT2D eigenvalue weighted by Crippen LogP contribution is 2.22. The molecular weight excluding hydrogens is 592 g/mol. The number of allylic oxidation sites excluding steroid dienone is 2. The molecule has 6 atom stereocenters. The fourth-order valence-corrected chi connectivity index (χ4v) is 5.42. The molecule has 0 bridgehead atoms. The van der Waals surface area contributed by atoms with E-state index in [1.807, 2.05) is 0 Å². The van der Waals surface area contributed by atoms with Crippen LogP contribution in [0.2, 0.25) is 0 Å². The van der Waals surface area contributed by atoms with E-state index < -0.39 is 49.4 Å². The standard InChI is InChI=1S/C36H66O10/c1-3-5-7-9-11-13-14-15-17-18-20-22-24-31(38)43-27-29(28-44-36-35(42)34(41)33(40)30(26-37)46-36)45-32(39)25-23-21-19-16-12-10-8-6-4-2/h11,13,29-30,33-37,40-42H,3-10,12,14-28H2,1-2H3/b13-11+/t29-,30-,33+,34?,35?,36-/m0/s1. The predicted octanol–water partition coefficient (Wildman–Crippen LogP) is 6.05. The highest BCUT2D eigenvalue weighted by atomic mass is 16.7. The molecular formula is C36H66O10. The molecule has 0 spiro atoms. The summed E-state index contributed by atoms with van der Waals surface area (Å²) in [4.78, 5) is 25.0. The lowest BCUT2D eigenvalue weighted by Crippen LogP contribution is -2.59. The van der Waals surface area contributed by atoms with Gasteiger partial charge in [-0.25, -0.2) is 0 Å². The molecule has 46 heavy (non-hydrogen) atoms. The summed E-state index contributed by atoms with van der Waals surface area (Å²) in [5.41, 5.74) is 0. The Kier molecular flexibility index (Phi) is 26.3. The van der Waals surface area contributed by atoms with Crippen molar-refractivity contribution in [3.05, 3.63) is 12.2 Å². The van der Waals surface area contributed by atoms with Crippen molar-refractivity contribution in [2.24, 2.45) is 0 Å². The molecule has 0 aromatic rings. The number of carbonyl (C=O) groups excluding carboxylic acids is 2. The highest BCUT2D eigenvalue weighted by molar-refractivity contribution is 5.70. The number of esters is 2. The maximum Gasteiger partial charge on any atom is 0.306 e. The van der Waals surface area contributed by atoms with Crippen molar-refractivity contribution in [1.29, 1.82) is 0 Å². The Morgan fingerprint density at radius 1 is 0.652 bits per heavy atom. The summed E-state index contributed by atoms with van der Waals surface area (Å²) in [5, 5.41) is 39.8. The average Bonchev–Trinajstić information content (AvgIpc) is 3.05. The number of unbranched alkanes of at least 4 members (excludes halogenated alkanes) is 16. The second-order valence-corrected chi connectivity index (χ2v) is 12.7. The Morgan fingerprint density at radius 2 is 1.15 bits per heavy atom. The maximum absolute atomic E-state index is 12.6. The van der Waals surface area contributed by atoms with E-state index in [-0.39, 0.29) is 32.0 Å². The zero-order valence-corrected chi connectivity index (χ0v) is 28.8. The van der Waals surface area contributed by atoms with E-state index in [1.54, 1.807) is 0 Å². The zero-order valence-electron chi connectivity index (χ0n) is 28.8. The molecule has 0 amide bonds. The van der Waals surface area contributed by atoms with Crippen LogP contribution in [0.3, 0.4) is 0 Å². The van der Waals surface area contributed by atoms with Gasteiger partial charge in [0.25, 0.3) is 0 Å². The van der Waals surface area contributed by atoms with Crippen molar-refractivity contribution in [3.63, 3.8) is 0 Å². The minimum Gasteiger partial charge on any atom is -0.462 e. The smallest absolute Gasteiger partial charge is 0.306 e. The molecule has 1 aliphatic rings. The summed E-state index contributed by atoms with van der Waals surface area (Å²) in [6.45, 7) is 3.34. The van der Waals surface area contributed by atoms with E-state index >= 15 is 0 Å². The summed E-state index contributed by atoms with van der Waals surface area (Å²) in [6.07, 6.45) is 18.1. The van der Waals surface area contributed by atoms with Crippen molar-refractivity contribution in [2.45, 2.75) is 185 Å². The van der Waals surface area contributed by atoms with E-state index in [4.69, 9.17) is 18.9 Å². The molecule has 1 heterocycles. The third-order valence-electron chi connectivity index (χ3n) is 8.40. The Labute approximate surface area is 278 Å². The first-order valence-electron chi connectivity index (χ1n) is 18.3. The van der Waals surface area contributed by atoms with Crippen LogP contribution in [0.25, 0.3) is 0 Å². The number of ether oxygens (including phenoxy) is 4. The lowest BCUT2D eigenvalue weighted by molar-refractivity contribution is -0.305. The molecule has 2 unspecified atom stereocenters. The zero-order chi connectivity index (χ0) is 33.8. The third-order valence-corrected chi connectivity index (χ3v) is 8.40. The molecule has 1 rings (SSSR count). The monoisotopic (exact) mass is 658 g/mol. The van der Waals surface area contributed by atoms with Crippen molar-refractivity contribution in [1.82, 2.24) is 0 Å². The third kappa shape index (κ3) is 20.6. The molecule has 1 saturated heterocycles. The van der Waals surface area contributed by atoms with Gasteiger partial charge in [-0.3, -0.25) is 9.59 Å². The van der Waals surface area contributed by atoms with Gasteiger partial charge >= 0.3 is 11.9 Å². The van der Waals surface area contributed by atoms with E-state index in [0.29, 0.717) is 6.42 Å². The number of carbonyl (C=O) groups is 2. The van der Waals surface area contributed by atoms with Crippen LogP contribution in [0.4, 0.5) is 0 Å². The first-order chi connectivity index (χ1) is 22.3. The van der Waals surface area contributed by atoms with Crippen LogP contribution in [0.15, 0.2) is 12.2 Å². The minimum atomic E-state index is -1.59. The summed E-state index contributed by atoms with van der Waals surface area (Å²) in [5.74, 6) is -0.819. The van der Waals surface area contributed by atoms with Crippen LogP contribution < -0.4 is 0 Å². The van der Waals surface area contributed by atoms with Crippen molar-refractivity contribution < 1.29 is 49.0 Å². The summed E-state index contributed by atoms with van der Waals surface area (Å²) in [6, 6.07) is 0. The number of hydrogen-bond donors (Lipinski definition) is 4. The Morgan fingerprint density at radius 3 is 1.74 bits per heavy atom. The Hall–Kier alpha value is -1.56. The van der Waals surface area contributed by atoms with Gasteiger partial charge in [0.2, 0.25) is 0 Å². The Balaban J connectivity index is 2.43. The number of aliphatic hydroxyl groups is 4. The molecule has 0 aromatic carbocycles. The van der Waals surface area contributed by atoms with Gasteiger partial charge in [0.05, 0.1) is 13.2 Å². The van der Waals surface area contributed by atoms with Gasteiger partial charge in [-0.05, 0) is 38.5 Å². The van der Waals surface area contributed by atoms with Crippen LogP contribution in [-0.4, -0.2) is 89.0 Å². The topological polar surface area (TPSA) is 152 Å². The van der Waals surface area contributed by atoms with Crippen molar-refractivity contribution >= 4 is 11.9 Å². The minimum absolute atomic E-state index is 0.218. The molecule has 10 heteroatoms. The molecule has 270 valence electrons. The lowest BCUT2D eigenvalue weighted by atomic mass is 9.99. The quantitative estimate of drug-likeness (QED) is 0.0425. The van der Waals surface area contributed by atoms with Crippen molar-refractivity contribution in [3.8, 4) is 0 Å². The largest absolute Gasteiger partial charge is 0.462 e. The van der Waals surface area contributed by atoms with Crippen LogP contribution in [0, 0.1) is 0 Å². The van der Waals surface area contributed by atoms with Gasteiger partial charge in [-0.1, -0.05) is 109 Å². The van der Waals surface area contributed by atoms with Gasteiger partial charge in [0.1, 0.15) is 31.0 Å². The second-order valence-electron chi connectivity index (χ2n) is 12.7. The van der Waals surface area contributed by atoms with E-state index in [0.717, 1.165) is 64.2 Å². The fraction of sp³-hybridized carbons (Fsp3) is 0.889. The molecule has 0 saturated carbocycles. The number of rotatable bonds is 29. The van der Waals surface area contributed by atoms with Gasteiger partial charge in [-0.2, -0.15) is 0 Å². The molecule has 4 N–H and O–H groups in total. The Bertz CT molecular complexity index is 774. The van der Waals surface area contributed by atoms with Crippen LogP contribution in [0.1, 0.15) is 149 Å². The second kappa shape index (κ2) is 28.5. The normalized spacial score (nSPS) is 22.3. The number of aliphatic hydroxyl groups excluding tert-OH is 4. The van der Waals surface area contributed by atoms with E-state index in [9.17, 15) is 30.0 Å². The molecule has 1 fully saturated rings. The van der Waals surface area contributed by atoms with Gasteiger partial charge in [0, 0.05) is 12.8 Å². The van der Waals surface area contributed by atoms with E-state index in [1.165, 1.54) is 51.4 Å². The van der Waals surface area contributed by atoms with Gasteiger partial charge < -0.3 is 39.4 Å². The molecule has 1 aliphatic heterocycles. The van der Waals surface area contributed by atoms with Crippen LogP contribution in [0.5, 0.6) is 0 Å². The van der Waals surface area contributed by atoms with Crippen molar-refractivity contribution in [2.75, 3.05) is 19.8 Å². The molecule has 10 nitrogen and oxygen atoms in total. The summed E-state index contributed by atoms with van der Waals surface area (Å²) < 4.78 is 22.0. The predicted molar refractivity (Wildman–Crippen MR) is 178 cm³/mol. The van der Waals surface area contributed by atoms with Gasteiger partial charge in [0.15, 0.2) is 12.4 Å². The molecule has 0 radical (unpaired) electrons. The maximum atomic E-state index is 12.6. The highest BCUT2D eigenvalue weighted by Gasteiger charge is 2.44. The molecule has 0 aromatic heterocycles. The summed E-state index contributed by atoms with van der Waals surface area (Å²) >= 11 is 0. The SMILES string of the molecule is CCCCC/C=C/CCCCCCCC(=O)OC[C@@H](CO[C@H]1O[C@@H](CO)[C@@H](O)C(O)C1O)OC(=O)CCCCCCCCCCC.